The van der Waals surface area contributed by atoms with Gasteiger partial charge in [-0.1, -0.05) is 6.07 Å². The van der Waals surface area contributed by atoms with Crippen LogP contribution in [0.4, 0.5) is 20.2 Å². The fourth-order valence-electron chi connectivity index (χ4n) is 3.62. The van der Waals surface area contributed by atoms with Gasteiger partial charge in [0.15, 0.2) is 0 Å². The molecule has 1 aliphatic heterocycles. The van der Waals surface area contributed by atoms with Gasteiger partial charge in [-0.05, 0) is 31.4 Å². The van der Waals surface area contributed by atoms with E-state index in [1.54, 1.807) is 0 Å². The molecule has 13 heteroatoms. The summed E-state index contributed by atoms with van der Waals surface area (Å²) in [5, 5.41) is 13.3. The Morgan fingerprint density at radius 3 is 2.38 bits per heavy atom. The standard InChI is InChI=1S/C21H21F2N3O7S/c1-12-3-4-14(26(29)30)9-19(12)34(31,32)25-7-5-13(6-8-25)20(27)24-18-10-15(21(28)33-2)16(22)11-17(18)23/h3-4,9-11,13H,5-8H2,1-2H3,(H,24,27). The van der Waals surface area contributed by atoms with Crippen molar-refractivity contribution in [1.82, 2.24) is 4.31 Å². The van der Waals surface area contributed by atoms with Crippen molar-refractivity contribution in [3.05, 3.63) is 63.2 Å². The number of anilines is 1. The summed E-state index contributed by atoms with van der Waals surface area (Å²) < 4.78 is 59.5. The molecule has 1 saturated heterocycles. The number of hydrogen-bond acceptors (Lipinski definition) is 7. The van der Waals surface area contributed by atoms with Gasteiger partial charge in [0.2, 0.25) is 15.9 Å². The Hall–Kier alpha value is -3.45. The summed E-state index contributed by atoms with van der Waals surface area (Å²) >= 11 is 0. The van der Waals surface area contributed by atoms with Crippen molar-refractivity contribution in [2.75, 3.05) is 25.5 Å². The number of amides is 1. The Labute approximate surface area is 193 Å². The molecule has 0 aromatic heterocycles. The van der Waals surface area contributed by atoms with Crippen molar-refractivity contribution in [1.29, 1.82) is 0 Å². The van der Waals surface area contributed by atoms with Crippen LogP contribution in [0.5, 0.6) is 0 Å². The highest BCUT2D eigenvalue weighted by atomic mass is 32.2. The molecule has 10 nitrogen and oxygen atoms in total. The van der Waals surface area contributed by atoms with Gasteiger partial charge in [-0.15, -0.1) is 0 Å². The highest BCUT2D eigenvalue weighted by molar-refractivity contribution is 7.89. The lowest BCUT2D eigenvalue weighted by Gasteiger charge is -2.31. The second kappa shape index (κ2) is 9.81. The molecule has 1 aliphatic rings. The number of nitro benzene ring substituents is 1. The highest BCUT2D eigenvalue weighted by Gasteiger charge is 2.34. The molecule has 0 unspecified atom stereocenters. The molecule has 0 saturated carbocycles. The van der Waals surface area contributed by atoms with Crippen molar-refractivity contribution in [2.24, 2.45) is 5.92 Å². The molecule has 3 rings (SSSR count). The largest absolute Gasteiger partial charge is 0.465 e. The van der Waals surface area contributed by atoms with Crippen LogP contribution in [0.25, 0.3) is 0 Å². The number of sulfonamides is 1. The SMILES string of the molecule is COC(=O)c1cc(NC(=O)C2CCN(S(=O)(=O)c3cc([N+](=O)[O-])ccc3C)CC2)c(F)cc1F. The number of esters is 1. The number of halogens is 2. The second-order valence-electron chi connectivity index (χ2n) is 7.68. The van der Waals surface area contributed by atoms with Crippen LogP contribution < -0.4 is 5.32 Å². The predicted octanol–water partition coefficient (Wildman–Crippen LogP) is 3.01. The molecule has 34 heavy (non-hydrogen) atoms. The molecule has 0 bridgehead atoms. The van der Waals surface area contributed by atoms with E-state index in [1.807, 2.05) is 0 Å². The summed E-state index contributed by atoms with van der Waals surface area (Å²) in [5.41, 5.74) is -0.966. The average molecular weight is 497 g/mol. The third kappa shape index (κ3) is 5.04. The molecule has 182 valence electrons. The van der Waals surface area contributed by atoms with E-state index in [0.29, 0.717) is 11.6 Å². The zero-order valence-electron chi connectivity index (χ0n) is 18.2. The van der Waals surface area contributed by atoms with E-state index < -0.39 is 55.6 Å². The maximum absolute atomic E-state index is 14.1. The number of rotatable bonds is 6. The van der Waals surface area contributed by atoms with Gasteiger partial charge in [-0.25, -0.2) is 22.0 Å². The molecule has 1 amide bonds. The van der Waals surface area contributed by atoms with Gasteiger partial charge in [0, 0.05) is 37.2 Å². The molecule has 0 aliphatic carbocycles. The lowest BCUT2D eigenvalue weighted by atomic mass is 9.97. The Balaban J connectivity index is 1.72. The third-order valence-corrected chi connectivity index (χ3v) is 7.59. The molecule has 2 aromatic carbocycles. The van der Waals surface area contributed by atoms with Crippen LogP contribution in [-0.2, 0) is 19.6 Å². The number of carbonyl (C=O) groups excluding carboxylic acids is 2. The van der Waals surface area contributed by atoms with Gasteiger partial charge in [0.25, 0.3) is 5.69 Å². The normalized spacial score (nSPS) is 15.1. The Bertz CT molecular complexity index is 1260. The fourth-order valence-corrected chi connectivity index (χ4v) is 5.34. The summed E-state index contributed by atoms with van der Waals surface area (Å²) in [6, 6.07) is 4.85. The number of aryl methyl sites for hydroxylation is 1. The Morgan fingerprint density at radius 1 is 1.15 bits per heavy atom. The maximum Gasteiger partial charge on any atom is 0.340 e. The Kier molecular flexibility index (Phi) is 7.26. The summed E-state index contributed by atoms with van der Waals surface area (Å²) in [6.07, 6.45) is 0.206. The Morgan fingerprint density at radius 2 is 1.79 bits per heavy atom. The molecule has 0 atom stereocenters. The number of nitro groups is 1. The first-order valence-electron chi connectivity index (χ1n) is 10.1. The van der Waals surface area contributed by atoms with Gasteiger partial charge in [0.1, 0.15) is 11.6 Å². The number of hydrogen-bond donors (Lipinski definition) is 1. The minimum absolute atomic E-state index is 0.0398. The van der Waals surface area contributed by atoms with Crippen molar-refractivity contribution >= 4 is 33.3 Å². The average Bonchev–Trinajstić information content (AvgIpc) is 2.80. The third-order valence-electron chi connectivity index (χ3n) is 5.54. The minimum Gasteiger partial charge on any atom is -0.465 e. The summed E-state index contributed by atoms with van der Waals surface area (Å²) in [5.74, 6) is -4.56. The number of benzene rings is 2. The number of piperidine rings is 1. The van der Waals surface area contributed by atoms with Crippen LogP contribution >= 0.6 is 0 Å². The molecule has 2 aromatic rings. The van der Waals surface area contributed by atoms with Gasteiger partial charge in [0.05, 0.1) is 28.2 Å². The van der Waals surface area contributed by atoms with Gasteiger partial charge in [-0.3, -0.25) is 14.9 Å². The number of carbonyl (C=O) groups is 2. The summed E-state index contributed by atoms with van der Waals surface area (Å²) in [4.78, 5) is 34.4. The number of non-ortho nitro benzene ring substituents is 1. The topological polar surface area (TPSA) is 136 Å². The van der Waals surface area contributed by atoms with Gasteiger partial charge < -0.3 is 10.1 Å². The first kappa shape index (κ1) is 25.2. The number of methoxy groups -OCH3 is 1. The van der Waals surface area contributed by atoms with E-state index in [-0.39, 0.29) is 36.5 Å². The maximum atomic E-state index is 14.1. The highest BCUT2D eigenvalue weighted by Crippen LogP contribution is 2.29. The summed E-state index contributed by atoms with van der Waals surface area (Å²) in [7, 11) is -3.01. The molecule has 1 heterocycles. The predicted molar refractivity (Wildman–Crippen MR) is 116 cm³/mol. The molecule has 0 radical (unpaired) electrons. The van der Waals surface area contributed by atoms with Crippen molar-refractivity contribution in [3.8, 4) is 0 Å². The van der Waals surface area contributed by atoms with E-state index in [1.165, 1.54) is 19.1 Å². The fraction of sp³-hybridized carbons (Fsp3) is 0.333. The first-order valence-corrected chi connectivity index (χ1v) is 11.5. The van der Waals surface area contributed by atoms with Crippen LogP contribution in [0.1, 0.15) is 28.8 Å². The van der Waals surface area contributed by atoms with Crippen LogP contribution in [0, 0.1) is 34.6 Å². The van der Waals surface area contributed by atoms with E-state index in [9.17, 15) is 36.9 Å². The van der Waals surface area contributed by atoms with Crippen molar-refractivity contribution in [2.45, 2.75) is 24.7 Å². The van der Waals surface area contributed by atoms with E-state index in [4.69, 9.17) is 0 Å². The zero-order chi connectivity index (χ0) is 25.2. The second-order valence-corrected chi connectivity index (χ2v) is 9.58. The van der Waals surface area contributed by atoms with E-state index in [0.717, 1.165) is 23.5 Å². The number of nitrogens with one attached hydrogen (secondary N) is 1. The molecular weight excluding hydrogens is 476 g/mol. The van der Waals surface area contributed by atoms with Crippen LogP contribution in [0.15, 0.2) is 35.2 Å². The number of ether oxygens (including phenoxy) is 1. The summed E-state index contributed by atoms with van der Waals surface area (Å²) in [6.45, 7) is 1.44. The van der Waals surface area contributed by atoms with E-state index in [2.05, 4.69) is 10.1 Å². The van der Waals surface area contributed by atoms with Gasteiger partial charge in [-0.2, -0.15) is 4.31 Å². The molecule has 1 N–H and O–H groups in total. The van der Waals surface area contributed by atoms with Crippen LogP contribution in [0.3, 0.4) is 0 Å². The van der Waals surface area contributed by atoms with E-state index >= 15 is 0 Å². The van der Waals surface area contributed by atoms with Crippen LogP contribution in [-0.4, -0.2) is 49.7 Å². The number of nitrogens with zero attached hydrogens (tertiary/aromatic N) is 2. The molecular formula is C21H21F2N3O7S. The van der Waals surface area contributed by atoms with Gasteiger partial charge >= 0.3 is 5.97 Å². The van der Waals surface area contributed by atoms with Crippen molar-refractivity contribution < 1.29 is 36.4 Å². The lowest BCUT2D eigenvalue weighted by Crippen LogP contribution is -2.41. The van der Waals surface area contributed by atoms with Crippen molar-refractivity contribution in [3.63, 3.8) is 0 Å². The quantitative estimate of drug-likeness (QED) is 0.368. The zero-order valence-corrected chi connectivity index (χ0v) is 19.0. The molecule has 1 fully saturated rings. The lowest BCUT2D eigenvalue weighted by molar-refractivity contribution is -0.385. The minimum atomic E-state index is -4.04. The monoisotopic (exact) mass is 497 g/mol. The van der Waals surface area contributed by atoms with Crippen LogP contribution in [0.2, 0.25) is 0 Å². The molecule has 0 spiro atoms. The first-order chi connectivity index (χ1) is 15.9. The smallest absolute Gasteiger partial charge is 0.340 e.